The second-order valence-electron chi connectivity index (χ2n) is 4.22. The molecule has 1 rings (SSSR count). The summed E-state index contributed by atoms with van der Waals surface area (Å²) in [5.74, 6) is 0. The molecule has 0 bridgehead atoms. The third kappa shape index (κ3) is 3.56. The van der Waals surface area contributed by atoms with Crippen molar-refractivity contribution in [1.82, 2.24) is 10.2 Å². The van der Waals surface area contributed by atoms with Crippen molar-refractivity contribution >= 4 is 0 Å². The van der Waals surface area contributed by atoms with Crippen molar-refractivity contribution in [3.05, 3.63) is 0 Å². The summed E-state index contributed by atoms with van der Waals surface area (Å²) in [5, 5.41) is 3.51. The molecule has 0 radical (unpaired) electrons. The molecule has 0 amide bonds. The molecule has 1 fully saturated rings. The molecule has 3 heteroatoms. The Labute approximate surface area is 87.8 Å². The average molecular weight is 200 g/mol. The summed E-state index contributed by atoms with van der Waals surface area (Å²) < 4.78 is 5.26. The molecule has 0 aromatic carbocycles. The van der Waals surface area contributed by atoms with Gasteiger partial charge in [-0.2, -0.15) is 0 Å². The first-order chi connectivity index (χ1) is 6.77. The van der Waals surface area contributed by atoms with Gasteiger partial charge in [0.1, 0.15) is 0 Å². The highest BCUT2D eigenvalue weighted by Gasteiger charge is 2.20. The van der Waals surface area contributed by atoms with E-state index in [1.165, 1.54) is 19.4 Å². The molecule has 1 aliphatic rings. The van der Waals surface area contributed by atoms with Crippen LogP contribution in [-0.2, 0) is 4.74 Å². The van der Waals surface area contributed by atoms with Crippen LogP contribution in [0.2, 0.25) is 0 Å². The highest BCUT2D eigenvalue weighted by Crippen LogP contribution is 2.09. The Morgan fingerprint density at radius 3 is 3.00 bits per heavy atom. The minimum Gasteiger partial charge on any atom is -0.383 e. The minimum atomic E-state index is 0.599. The summed E-state index contributed by atoms with van der Waals surface area (Å²) in [6.07, 6.45) is 2.44. The standard InChI is InChI=1S/C11H24N2O/c1-4-11(9-14-3)13-7-5-6-12-10(2)8-13/h10-12H,4-9H2,1-3H3. The van der Waals surface area contributed by atoms with Gasteiger partial charge in [0, 0.05) is 25.7 Å². The lowest BCUT2D eigenvalue weighted by Crippen LogP contribution is -2.43. The van der Waals surface area contributed by atoms with E-state index < -0.39 is 0 Å². The van der Waals surface area contributed by atoms with Crippen molar-refractivity contribution in [3.63, 3.8) is 0 Å². The van der Waals surface area contributed by atoms with Gasteiger partial charge in [0.2, 0.25) is 0 Å². The fourth-order valence-electron chi connectivity index (χ4n) is 2.14. The Balaban J connectivity index is 2.45. The van der Waals surface area contributed by atoms with E-state index in [4.69, 9.17) is 4.74 Å². The Bertz CT molecular complexity index is 152. The van der Waals surface area contributed by atoms with Crippen LogP contribution in [0.25, 0.3) is 0 Å². The topological polar surface area (TPSA) is 24.5 Å². The third-order valence-electron chi connectivity index (χ3n) is 2.97. The van der Waals surface area contributed by atoms with Crippen LogP contribution in [0.1, 0.15) is 26.7 Å². The largest absolute Gasteiger partial charge is 0.383 e. The Morgan fingerprint density at radius 1 is 1.57 bits per heavy atom. The molecule has 1 heterocycles. The number of methoxy groups -OCH3 is 1. The fraction of sp³-hybridized carbons (Fsp3) is 1.00. The molecule has 2 unspecified atom stereocenters. The predicted octanol–water partition coefficient (Wildman–Crippen LogP) is 1.10. The Kier molecular flexibility index (Phi) is 5.45. The van der Waals surface area contributed by atoms with Crippen molar-refractivity contribution in [2.75, 3.05) is 33.4 Å². The molecule has 1 N–H and O–H groups in total. The smallest absolute Gasteiger partial charge is 0.0617 e. The van der Waals surface area contributed by atoms with Crippen LogP contribution in [0, 0.1) is 0 Å². The first-order valence-corrected chi connectivity index (χ1v) is 5.74. The first kappa shape index (κ1) is 12.0. The summed E-state index contributed by atoms with van der Waals surface area (Å²) in [4.78, 5) is 2.56. The van der Waals surface area contributed by atoms with E-state index in [1.807, 2.05) is 0 Å². The summed E-state index contributed by atoms with van der Waals surface area (Å²) in [7, 11) is 1.79. The zero-order chi connectivity index (χ0) is 10.4. The fourth-order valence-corrected chi connectivity index (χ4v) is 2.14. The molecule has 2 atom stereocenters. The molecule has 1 saturated heterocycles. The van der Waals surface area contributed by atoms with Crippen LogP contribution in [0.5, 0.6) is 0 Å². The van der Waals surface area contributed by atoms with Crippen LogP contribution in [0.3, 0.4) is 0 Å². The van der Waals surface area contributed by atoms with E-state index in [0.29, 0.717) is 12.1 Å². The van der Waals surface area contributed by atoms with E-state index in [2.05, 4.69) is 24.1 Å². The number of nitrogens with one attached hydrogen (secondary N) is 1. The van der Waals surface area contributed by atoms with Crippen LogP contribution in [-0.4, -0.2) is 50.3 Å². The maximum Gasteiger partial charge on any atom is 0.0617 e. The van der Waals surface area contributed by atoms with Gasteiger partial charge in [0.05, 0.1) is 6.61 Å². The van der Waals surface area contributed by atoms with Crippen molar-refractivity contribution in [3.8, 4) is 0 Å². The Hall–Kier alpha value is -0.120. The zero-order valence-electron chi connectivity index (χ0n) is 9.75. The van der Waals surface area contributed by atoms with Crippen molar-refractivity contribution in [2.24, 2.45) is 0 Å². The second-order valence-corrected chi connectivity index (χ2v) is 4.22. The van der Waals surface area contributed by atoms with Gasteiger partial charge < -0.3 is 10.1 Å². The van der Waals surface area contributed by atoms with Crippen LogP contribution in [0.15, 0.2) is 0 Å². The molecular weight excluding hydrogens is 176 g/mol. The molecule has 0 aliphatic carbocycles. The zero-order valence-corrected chi connectivity index (χ0v) is 9.75. The molecular formula is C11H24N2O. The first-order valence-electron chi connectivity index (χ1n) is 5.74. The van der Waals surface area contributed by atoms with Crippen LogP contribution < -0.4 is 5.32 Å². The molecule has 3 nitrogen and oxygen atoms in total. The highest BCUT2D eigenvalue weighted by atomic mass is 16.5. The molecule has 0 spiro atoms. The van der Waals surface area contributed by atoms with Crippen molar-refractivity contribution in [2.45, 2.75) is 38.8 Å². The van der Waals surface area contributed by atoms with Gasteiger partial charge in [-0.05, 0) is 32.9 Å². The van der Waals surface area contributed by atoms with Gasteiger partial charge >= 0.3 is 0 Å². The van der Waals surface area contributed by atoms with Gasteiger partial charge in [-0.15, -0.1) is 0 Å². The van der Waals surface area contributed by atoms with Crippen LogP contribution in [0.4, 0.5) is 0 Å². The van der Waals surface area contributed by atoms with E-state index in [9.17, 15) is 0 Å². The van der Waals surface area contributed by atoms with Gasteiger partial charge in [0.15, 0.2) is 0 Å². The number of hydrogen-bond donors (Lipinski definition) is 1. The maximum absolute atomic E-state index is 5.26. The summed E-state index contributed by atoms with van der Waals surface area (Å²) in [5.41, 5.74) is 0. The highest BCUT2D eigenvalue weighted by molar-refractivity contribution is 4.78. The van der Waals surface area contributed by atoms with Gasteiger partial charge in [-0.1, -0.05) is 6.92 Å². The average Bonchev–Trinajstić information content (AvgIpc) is 2.39. The second kappa shape index (κ2) is 6.38. The quantitative estimate of drug-likeness (QED) is 0.735. The monoisotopic (exact) mass is 200 g/mol. The normalized spacial score (nSPS) is 27.2. The number of ether oxygens (including phenoxy) is 1. The molecule has 84 valence electrons. The molecule has 0 aromatic heterocycles. The van der Waals surface area contributed by atoms with Crippen molar-refractivity contribution in [1.29, 1.82) is 0 Å². The third-order valence-corrected chi connectivity index (χ3v) is 2.97. The van der Waals surface area contributed by atoms with Gasteiger partial charge in [0.25, 0.3) is 0 Å². The summed E-state index contributed by atoms with van der Waals surface area (Å²) in [6.45, 7) is 8.88. The predicted molar refractivity (Wildman–Crippen MR) is 59.6 cm³/mol. The van der Waals surface area contributed by atoms with E-state index in [-0.39, 0.29) is 0 Å². The molecule has 0 aromatic rings. The lowest BCUT2D eigenvalue weighted by molar-refractivity contribution is 0.0872. The summed E-state index contributed by atoms with van der Waals surface area (Å²) in [6, 6.07) is 1.21. The Morgan fingerprint density at radius 2 is 2.36 bits per heavy atom. The lowest BCUT2D eigenvalue weighted by Gasteiger charge is -2.30. The number of rotatable bonds is 4. The van der Waals surface area contributed by atoms with Crippen molar-refractivity contribution < 1.29 is 4.74 Å². The van der Waals surface area contributed by atoms with Gasteiger partial charge in [-0.3, -0.25) is 4.90 Å². The van der Waals surface area contributed by atoms with E-state index in [1.54, 1.807) is 7.11 Å². The van der Waals surface area contributed by atoms with E-state index >= 15 is 0 Å². The lowest BCUT2D eigenvalue weighted by atomic mass is 10.2. The number of nitrogens with zero attached hydrogens (tertiary/aromatic N) is 1. The molecule has 0 saturated carbocycles. The van der Waals surface area contributed by atoms with E-state index in [0.717, 1.165) is 19.7 Å². The van der Waals surface area contributed by atoms with Gasteiger partial charge in [-0.25, -0.2) is 0 Å². The molecule has 1 aliphatic heterocycles. The maximum atomic E-state index is 5.26. The van der Waals surface area contributed by atoms with Crippen LogP contribution >= 0.6 is 0 Å². The number of hydrogen-bond acceptors (Lipinski definition) is 3. The molecule has 14 heavy (non-hydrogen) atoms. The summed E-state index contributed by atoms with van der Waals surface area (Å²) >= 11 is 0. The SMILES string of the molecule is CCC(COC)N1CCCNC(C)C1. The minimum absolute atomic E-state index is 0.599.